The summed E-state index contributed by atoms with van der Waals surface area (Å²) in [5, 5.41) is 24.9. The van der Waals surface area contributed by atoms with Crippen molar-refractivity contribution in [3.8, 4) is 6.07 Å². The molecular weight excluding hydrogens is 348 g/mol. The Hall–Kier alpha value is -2.75. The summed E-state index contributed by atoms with van der Waals surface area (Å²) in [6.45, 7) is 1.94. The standard InChI is InChI=1S/C19H19ClN6/c20-15-5-1-2-6-16(15)25-19-10-17(24-13-4-3-8-22-12-13)14(11-21)18-7-9-23-26(18)19/h1-2,5-7,9-10,13,22,24-25H,3-4,8,12H2/t13-/m0/s1. The number of para-hydroxylation sites is 1. The van der Waals surface area contributed by atoms with Crippen molar-refractivity contribution in [1.82, 2.24) is 14.9 Å². The van der Waals surface area contributed by atoms with Gasteiger partial charge in [-0.3, -0.25) is 0 Å². The lowest BCUT2D eigenvalue weighted by atomic mass is 10.1. The van der Waals surface area contributed by atoms with Crippen molar-refractivity contribution >= 4 is 34.3 Å². The van der Waals surface area contributed by atoms with E-state index in [1.165, 1.54) is 0 Å². The number of hydrogen-bond donors (Lipinski definition) is 3. The van der Waals surface area contributed by atoms with E-state index < -0.39 is 0 Å². The Labute approximate surface area is 156 Å². The Balaban J connectivity index is 1.76. The molecule has 3 N–H and O–H groups in total. The summed E-state index contributed by atoms with van der Waals surface area (Å²) in [5.74, 6) is 0.753. The number of nitriles is 1. The molecule has 2 aromatic heterocycles. The van der Waals surface area contributed by atoms with E-state index in [1.54, 1.807) is 10.7 Å². The Bertz CT molecular complexity index is 968. The zero-order valence-electron chi connectivity index (χ0n) is 14.2. The van der Waals surface area contributed by atoms with Crippen LogP contribution in [-0.2, 0) is 0 Å². The van der Waals surface area contributed by atoms with Gasteiger partial charge in [0, 0.05) is 18.7 Å². The van der Waals surface area contributed by atoms with Gasteiger partial charge in [-0.1, -0.05) is 23.7 Å². The molecular formula is C19H19ClN6. The maximum Gasteiger partial charge on any atom is 0.134 e. The first kappa shape index (κ1) is 16.7. The molecule has 6 nitrogen and oxygen atoms in total. The molecule has 0 spiro atoms. The molecule has 1 aliphatic heterocycles. The van der Waals surface area contributed by atoms with Crippen LogP contribution in [0.1, 0.15) is 18.4 Å². The molecule has 1 fully saturated rings. The van der Waals surface area contributed by atoms with Crippen LogP contribution in [0.5, 0.6) is 0 Å². The first-order valence-electron chi connectivity index (χ1n) is 8.66. The van der Waals surface area contributed by atoms with Gasteiger partial charge in [0.05, 0.1) is 28.1 Å². The summed E-state index contributed by atoms with van der Waals surface area (Å²) >= 11 is 6.28. The number of hydrogen-bond acceptors (Lipinski definition) is 5. The Kier molecular flexibility index (Phi) is 4.65. The number of pyridine rings is 1. The zero-order chi connectivity index (χ0) is 17.9. The fourth-order valence-electron chi connectivity index (χ4n) is 3.31. The van der Waals surface area contributed by atoms with E-state index in [9.17, 15) is 5.26 Å². The van der Waals surface area contributed by atoms with Crippen LogP contribution in [0, 0.1) is 11.3 Å². The van der Waals surface area contributed by atoms with Gasteiger partial charge in [0.1, 0.15) is 17.5 Å². The minimum absolute atomic E-state index is 0.300. The molecule has 3 heterocycles. The molecule has 4 rings (SSSR count). The molecule has 0 saturated carbocycles. The summed E-state index contributed by atoms with van der Waals surface area (Å²) in [4.78, 5) is 0. The number of aromatic nitrogens is 2. The van der Waals surface area contributed by atoms with E-state index in [2.05, 4.69) is 27.1 Å². The van der Waals surface area contributed by atoms with Crippen molar-refractivity contribution in [2.45, 2.75) is 18.9 Å². The number of benzene rings is 1. The summed E-state index contributed by atoms with van der Waals surface area (Å²) in [6.07, 6.45) is 3.90. The van der Waals surface area contributed by atoms with Crippen LogP contribution in [0.3, 0.4) is 0 Å². The topological polar surface area (TPSA) is 77.2 Å². The molecule has 1 aromatic carbocycles. The minimum Gasteiger partial charge on any atom is -0.380 e. The second-order valence-electron chi connectivity index (χ2n) is 6.35. The number of piperidine rings is 1. The van der Waals surface area contributed by atoms with Crippen molar-refractivity contribution in [3.63, 3.8) is 0 Å². The largest absolute Gasteiger partial charge is 0.380 e. The average molecular weight is 367 g/mol. The number of rotatable bonds is 4. The summed E-state index contributed by atoms with van der Waals surface area (Å²) in [5.41, 5.74) is 2.96. The van der Waals surface area contributed by atoms with E-state index in [1.807, 2.05) is 36.4 Å². The SMILES string of the molecule is N#Cc1c(N[C@H]2CCCNC2)cc(Nc2ccccc2Cl)n2nccc12. The van der Waals surface area contributed by atoms with Crippen LogP contribution in [-0.4, -0.2) is 28.7 Å². The average Bonchev–Trinajstić information content (AvgIpc) is 3.14. The molecule has 0 aliphatic carbocycles. The van der Waals surface area contributed by atoms with Crippen LogP contribution in [0.25, 0.3) is 5.52 Å². The van der Waals surface area contributed by atoms with Gasteiger partial charge in [-0.25, -0.2) is 4.52 Å². The predicted octanol–water partition coefficient (Wildman–Crippen LogP) is 3.77. The summed E-state index contributed by atoms with van der Waals surface area (Å²) in [6, 6.07) is 13.9. The van der Waals surface area contributed by atoms with Crippen LogP contribution >= 0.6 is 11.6 Å². The van der Waals surface area contributed by atoms with Gasteiger partial charge >= 0.3 is 0 Å². The molecule has 1 aliphatic rings. The molecule has 26 heavy (non-hydrogen) atoms. The Morgan fingerprint density at radius 1 is 1.27 bits per heavy atom. The van der Waals surface area contributed by atoms with Crippen LogP contribution < -0.4 is 16.0 Å². The van der Waals surface area contributed by atoms with E-state index in [0.29, 0.717) is 16.6 Å². The van der Waals surface area contributed by atoms with Gasteiger partial charge in [0.2, 0.25) is 0 Å². The van der Waals surface area contributed by atoms with Crippen molar-refractivity contribution < 1.29 is 0 Å². The highest BCUT2D eigenvalue weighted by molar-refractivity contribution is 6.33. The van der Waals surface area contributed by atoms with Crippen molar-refractivity contribution in [3.05, 3.63) is 53.2 Å². The monoisotopic (exact) mass is 366 g/mol. The zero-order valence-corrected chi connectivity index (χ0v) is 14.9. The first-order chi connectivity index (χ1) is 12.8. The highest BCUT2D eigenvalue weighted by atomic mass is 35.5. The number of nitrogens with one attached hydrogen (secondary N) is 3. The van der Waals surface area contributed by atoms with Gasteiger partial charge in [-0.15, -0.1) is 0 Å². The highest BCUT2D eigenvalue weighted by Gasteiger charge is 2.18. The molecule has 1 atom stereocenters. The molecule has 132 valence electrons. The number of fused-ring (bicyclic) bond motifs is 1. The molecule has 0 amide bonds. The smallest absolute Gasteiger partial charge is 0.134 e. The van der Waals surface area contributed by atoms with E-state index in [-0.39, 0.29) is 0 Å². The number of halogens is 1. The minimum atomic E-state index is 0.300. The lowest BCUT2D eigenvalue weighted by Gasteiger charge is -2.26. The van der Waals surface area contributed by atoms with Crippen molar-refractivity contribution in [1.29, 1.82) is 5.26 Å². The van der Waals surface area contributed by atoms with Crippen molar-refractivity contribution in [2.24, 2.45) is 0 Å². The third kappa shape index (κ3) is 3.19. The van der Waals surface area contributed by atoms with Crippen molar-refractivity contribution in [2.75, 3.05) is 23.7 Å². The Morgan fingerprint density at radius 3 is 2.92 bits per heavy atom. The lowest BCUT2D eigenvalue weighted by molar-refractivity contribution is 0.480. The van der Waals surface area contributed by atoms with Gasteiger partial charge in [0.15, 0.2) is 0 Å². The second-order valence-corrected chi connectivity index (χ2v) is 6.76. The first-order valence-corrected chi connectivity index (χ1v) is 9.03. The summed E-state index contributed by atoms with van der Waals surface area (Å²) in [7, 11) is 0. The maximum atomic E-state index is 9.70. The maximum absolute atomic E-state index is 9.70. The van der Waals surface area contributed by atoms with E-state index >= 15 is 0 Å². The highest BCUT2D eigenvalue weighted by Crippen LogP contribution is 2.30. The normalized spacial score (nSPS) is 17.0. The fraction of sp³-hybridized carbons (Fsp3) is 0.263. The molecule has 0 unspecified atom stereocenters. The lowest BCUT2D eigenvalue weighted by Crippen LogP contribution is -2.38. The van der Waals surface area contributed by atoms with Crippen LogP contribution in [0.4, 0.5) is 17.2 Å². The predicted molar refractivity (Wildman–Crippen MR) is 104 cm³/mol. The van der Waals surface area contributed by atoms with Crippen LogP contribution in [0.15, 0.2) is 42.6 Å². The fourth-order valence-corrected chi connectivity index (χ4v) is 3.49. The molecule has 0 bridgehead atoms. The quantitative estimate of drug-likeness (QED) is 0.655. The van der Waals surface area contributed by atoms with Gasteiger partial charge < -0.3 is 16.0 Å². The molecule has 7 heteroatoms. The third-order valence-electron chi connectivity index (χ3n) is 4.58. The second kappa shape index (κ2) is 7.24. The van der Waals surface area contributed by atoms with Crippen LogP contribution in [0.2, 0.25) is 5.02 Å². The number of anilines is 3. The van der Waals surface area contributed by atoms with Gasteiger partial charge in [-0.05, 0) is 37.6 Å². The molecule has 0 radical (unpaired) electrons. The van der Waals surface area contributed by atoms with E-state index in [4.69, 9.17) is 11.6 Å². The Morgan fingerprint density at radius 2 is 2.15 bits per heavy atom. The van der Waals surface area contributed by atoms with Gasteiger partial charge in [-0.2, -0.15) is 10.4 Å². The van der Waals surface area contributed by atoms with Gasteiger partial charge in [0.25, 0.3) is 0 Å². The summed E-state index contributed by atoms with van der Waals surface area (Å²) < 4.78 is 1.73. The molecule has 3 aromatic rings. The molecule has 1 saturated heterocycles. The number of nitrogens with zero attached hydrogens (tertiary/aromatic N) is 3. The third-order valence-corrected chi connectivity index (χ3v) is 4.91. The van der Waals surface area contributed by atoms with E-state index in [0.717, 1.165) is 48.6 Å².